The summed E-state index contributed by atoms with van der Waals surface area (Å²) in [5.41, 5.74) is 10.1. The number of rotatable bonds is 8. The Morgan fingerprint density at radius 2 is 1.66 bits per heavy atom. The highest BCUT2D eigenvalue weighted by Crippen LogP contribution is 2.47. The van der Waals surface area contributed by atoms with Gasteiger partial charge < -0.3 is 0 Å². The van der Waals surface area contributed by atoms with E-state index in [1.54, 1.807) is 0 Å². The van der Waals surface area contributed by atoms with E-state index in [0.29, 0.717) is 5.92 Å². The van der Waals surface area contributed by atoms with E-state index in [9.17, 15) is 0 Å². The summed E-state index contributed by atoms with van der Waals surface area (Å²) in [6.45, 7) is 11.6. The van der Waals surface area contributed by atoms with Crippen molar-refractivity contribution in [2.45, 2.75) is 91.0 Å². The molecule has 1 nitrogen and oxygen atoms in total. The van der Waals surface area contributed by atoms with Crippen LogP contribution in [0.25, 0.3) is 22.4 Å². The third-order valence-corrected chi connectivity index (χ3v) is 8.01. The van der Waals surface area contributed by atoms with Gasteiger partial charge in [0.1, 0.15) is 0 Å². The maximum atomic E-state index is 2.60. The molecule has 0 saturated carbocycles. The number of nitrogens with zero attached hydrogens (tertiary/aromatic N) is 1. The van der Waals surface area contributed by atoms with Crippen molar-refractivity contribution >= 4 is 0 Å². The van der Waals surface area contributed by atoms with Crippen molar-refractivity contribution in [3.63, 3.8) is 0 Å². The maximum absolute atomic E-state index is 2.60. The second-order valence-corrected chi connectivity index (χ2v) is 9.64. The highest BCUT2D eigenvalue weighted by Gasteiger charge is 2.50. The number of pyridine rings is 1. The zero-order valence-electron chi connectivity index (χ0n) is 20.7. The molecule has 0 radical (unpaired) electrons. The number of hydrogen-bond donors (Lipinski definition) is 0. The van der Waals surface area contributed by atoms with E-state index >= 15 is 0 Å². The lowest BCUT2D eigenvalue weighted by atomic mass is 9.69. The van der Waals surface area contributed by atoms with Gasteiger partial charge in [-0.1, -0.05) is 70.9 Å². The van der Waals surface area contributed by atoms with Crippen LogP contribution in [0.3, 0.4) is 0 Å². The molecule has 0 fully saturated rings. The topological polar surface area (TPSA) is 3.88 Å². The number of hydrogen-bond acceptors (Lipinski definition) is 0. The van der Waals surface area contributed by atoms with Crippen LogP contribution in [0.4, 0.5) is 0 Å². The highest BCUT2D eigenvalue weighted by atomic mass is 15.1. The summed E-state index contributed by atoms with van der Waals surface area (Å²) in [7, 11) is 0. The van der Waals surface area contributed by atoms with Crippen LogP contribution in [-0.4, -0.2) is 0 Å². The molecule has 2 heterocycles. The smallest absolute Gasteiger partial charge is 0.192 e. The molecule has 0 N–H and O–H groups in total. The maximum Gasteiger partial charge on any atom is 0.213 e. The van der Waals surface area contributed by atoms with E-state index in [-0.39, 0.29) is 5.54 Å². The van der Waals surface area contributed by atoms with Crippen LogP contribution >= 0.6 is 0 Å². The van der Waals surface area contributed by atoms with Crippen molar-refractivity contribution in [3.05, 3.63) is 77.5 Å². The highest BCUT2D eigenvalue weighted by molar-refractivity contribution is 5.76. The second kappa shape index (κ2) is 9.61. The van der Waals surface area contributed by atoms with E-state index in [0.717, 1.165) is 12.8 Å². The zero-order valence-corrected chi connectivity index (χ0v) is 20.7. The summed E-state index contributed by atoms with van der Waals surface area (Å²) in [4.78, 5) is 0. The molecule has 1 heteroatoms. The first-order valence-corrected chi connectivity index (χ1v) is 12.8. The van der Waals surface area contributed by atoms with Crippen LogP contribution in [0.5, 0.6) is 0 Å². The number of unbranched alkanes of at least 4 members (excludes halogenated alkanes) is 2. The van der Waals surface area contributed by atoms with Crippen molar-refractivity contribution in [1.82, 2.24) is 0 Å². The Hall–Kier alpha value is -2.41. The summed E-state index contributed by atoms with van der Waals surface area (Å²) in [5.74, 6) is 0.544. The van der Waals surface area contributed by atoms with Gasteiger partial charge in [-0.25, -0.2) is 0 Å². The van der Waals surface area contributed by atoms with Gasteiger partial charge in [0.25, 0.3) is 0 Å². The molecule has 32 heavy (non-hydrogen) atoms. The molecular formula is C31H40N+. The minimum Gasteiger partial charge on any atom is -0.192 e. The Labute approximate surface area is 195 Å². The van der Waals surface area contributed by atoms with Gasteiger partial charge in [0.15, 0.2) is 11.7 Å². The minimum atomic E-state index is 0.162. The normalized spacial score (nSPS) is 16.5. The van der Waals surface area contributed by atoms with Crippen LogP contribution in [0.2, 0.25) is 0 Å². The number of fused-ring (bicyclic) bond motifs is 3. The van der Waals surface area contributed by atoms with Gasteiger partial charge in [-0.15, -0.1) is 0 Å². The van der Waals surface area contributed by atoms with E-state index in [1.165, 1.54) is 71.2 Å². The molecule has 0 bridgehead atoms. The molecule has 3 aromatic rings. The van der Waals surface area contributed by atoms with E-state index < -0.39 is 0 Å². The molecule has 0 saturated heterocycles. The number of benzene rings is 2. The summed E-state index contributed by atoms with van der Waals surface area (Å²) in [6, 6.07) is 21.1. The fourth-order valence-corrected chi connectivity index (χ4v) is 6.16. The Balaban J connectivity index is 1.84. The monoisotopic (exact) mass is 426 g/mol. The molecule has 0 spiro atoms. The molecule has 4 rings (SSSR count). The van der Waals surface area contributed by atoms with Crippen molar-refractivity contribution in [2.24, 2.45) is 0 Å². The Kier molecular flexibility index (Phi) is 6.84. The van der Waals surface area contributed by atoms with Gasteiger partial charge in [0.2, 0.25) is 5.69 Å². The first kappa shape index (κ1) is 22.8. The van der Waals surface area contributed by atoms with E-state index in [2.05, 4.69) is 100.0 Å². The van der Waals surface area contributed by atoms with Crippen molar-refractivity contribution in [2.75, 3.05) is 0 Å². The zero-order chi connectivity index (χ0) is 22.7. The van der Waals surface area contributed by atoms with Gasteiger partial charge in [0, 0.05) is 30.9 Å². The van der Waals surface area contributed by atoms with Gasteiger partial charge in [0.05, 0.1) is 5.56 Å². The van der Waals surface area contributed by atoms with E-state index in [4.69, 9.17) is 0 Å². The summed E-state index contributed by atoms with van der Waals surface area (Å²) >= 11 is 0. The van der Waals surface area contributed by atoms with Gasteiger partial charge >= 0.3 is 0 Å². The summed E-state index contributed by atoms with van der Waals surface area (Å²) in [5, 5.41) is 0. The average Bonchev–Trinajstić information content (AvgIpc) is 2.84. The lowest BCUT2D eigenvalue weighted by molar-refractivity contribution is -0.762. The van der Waals surface area contributed by atoms with Gasteiger partial charge in [-0.3, -0.25) is 0 Å². The largest absolute Gasteiger partial charge is 0.213 e. The van der Waals surface area contributed by atoms with Gasteiger partial charge in [-0.2, -0.15) is 4.57 Å². The fourth-order valence-electron chi connectivity index (χ4n) is 6.16. The first-order chi connectivity index (χ1) is 15.6. The molecule has 1 unspecified atom stereocenters. The van der Waals surface area contributed by atoms with Crippen LogP contribution < -0.4 is 4.57 Å². The quantitative estimate of drug-likeness (QED) is 0.251. The number of aryl methyl sites for hydroxylation is 2. The molecule has 0 aliphatic carbocycles. The molecule has 1 aliphatic heterocycles. The molecule has 2 aromatic carbocycles. The summed E-state index contributed by atoms with van der Waals surface area (Å²) < 4.78 is 2.60. The Morgan fingerprint density at radius 3 is 2.38 bits per heavy atom. The third-order valence-electron chi connectivity index (χ3n) is 8.01. The molecule has 1 atom stereocenters. The fraction of sp³-hybridized carbons (Fsp3) is 0.452. The van der Waals surface area contributed by atoms with Crippen LogP contribution in [0.1, 0.15) is 88.8 Å². The van der Waals surface area contributed by atoms with E-state index in [1.807, 2.05) is 0 Å². The third kappa shape index (κ3) is 3.81. The minimum absolute atomic E-state index is 0.162. The molecule has 1 aliphatic rings. The lowest BCUT2D eigenvalue weighted by Gasteiger charge is -2.39. The van der Waals surface area contributed by atoms with Gasteiger partial charge in [-0.05, 0) is 66.1 Å². The lowest BCUT2D eigenvalue weighted by Crippen LogP contribution is -2.62. The number of aromatic nitrogens is 1. The molecular weight excluding hydrogens is 386 g/mol. The predicted molar refractivity (Wildman–Crippen MR) is 137 cm³/mol. The Bertz CT molecular complexity index is 1070. The van der Waals surface area contributed by atoms with Crippen LogP contribution in [0.15, 0.2) is 60.8 Å². The molecule has 1 aromatic heterocycles. The standard InChI is InChI=1S/C31H40N/c1-6-10-11-14-24-17-16-23(5)27(21-24)25-18-19-26-28(22-25)30-15-12-13-20-32(30)31(8-3,9-4)29(26)7-2/h12-13,15-22,29H,6-11,14H2,1-5H3/q+1. The average molecular weight is 427 g/mol. The SMILES string of the molecule is CCCCCc1ccc(C)c(-c2ccc3c(c2)-c2cccc[n+]2C(CC)(CC)C3CC)c1. The molecule has 168 valence electrons. The van der Waals surface area contributed by atoms with Crippen molar-refractivity contribution in [3.8, 4) is 22.4 Å². The second-order valence-electron chi connectivity index (χ2n) is 9.64. The van der Waals surface area contributed by atoms with Crippen molar-refractivity contribution in [1.29, 1.82) is 0 Å². The summed E-state index contributed by atoms with van der Waals surface area (Å²) in [6.07, 6.45) is 10.8. The first-order valence-electron chi connectivity index (χ1n) is 12.8. The predicted octanol–water partition coefficient (Wildman–Crippen LogP) is 8.37. The van der Waals surface area contributed by atoms with Crippen LogP contribution in [0, 0.1) is 6.92 Å². The Morgan fingerprint density at radius 1 is 0.844 bits per heavy atom. The van der Waals surface area contributed by atoms with Crippen LogP contribution in [-0.2, 0) is 12.0 Å². The molecule has 0 amide bonds. The van der Waals surface area contributed by atoms with Crippen molar-refractivity contribution < 1.29 is 4.57 Å².